The predicted octanol–water partition coefficient (Wildman–Crippen LogP) is 5.58. The zero-order valence-corrected chi connectivity index (χ0v) is 19.8. The van der Waals surface area contributed by atoms with E-state index in [9.17, 15) is 14.4 Å². The normalized spacial score (nSPS) is 33.0. The summed E-state index contributed by atoms with van der Waals surface area (Å²) in [7, 11) is 0. The van der Waals surface area contributed by atoms with E-state index < -0.39 is 5.41 Å². The van der Waals surface area contributed by atoms with Gasteiger partial charge in [0.25, 0.3) is 0 Å². The van der Waals surface area contributed by atoms with Crippen LogP contribution in [0.2, 0.25) is 0 Å². The maximum Gasteiger partial charge on any atom is 0.156 e. The highest BCUT2D eigenvalue weighted by atomic mass is 32.1. The van der Waals surface area contributed by atoms with Crippen molar-refractivity contribution in [2.45, 2.75) is 99.8 Å². The molecule has 0 aliphatic heterocycles. The Morgan fingerprint density at radius 2 is 1.43 bits per heavy atom. The Labute approximate surface area is 178 Å². The van der Waals surface area contributed by atoms with Crippen molar-refractivity contribution in [3.8, 4) is 0 Å². The Balaban J connectivity index is 0.000000271. The molecule has 0 spiro atoms. The van der Waals surface area contributed by atoms with Crippen molar-refractivity contribution < 1.29 is 14.4 Å². The molecule has 3 aliphatic rings. The molecule has 0 aromatic carbocycles. The topological polar surface area (TPSA) is 51.2 Å². The van der Waals surface area contributed by atoms with Gasteiger partial charge in [-0.15, -0.1) is 0 Å². The Kier molecular flexibility index (Phi) is 7.59. The standard InChI is InChI=1S/C12H20O2.C12H18O.H2S/c1-9(13)8-12(4)7-5-6-11(2,3)10(12)14;1-11(2)5-4-6-12(3)8-9(13)7-10(11)12;/h5-8H2,1-4H3;7H,4-6,8H2,1-3H3;1H2/p-1/t2*12-;/m11./s1. The Morgan fingerprint density at radius 3 is 1.96 bits per heavy atom. The molecular formula is C24H39O3S-. The van der Waals surface area contributed by atoms with Crippen LogP contribution in [-0.2, 0) is 27.9 Å². The molecule has 0 saturated heterocycles. The lowest BCUT2D eigenvalue weighted by molar-refractivity contribution is -0.143. The van der Waals surface area contributed by atoms with Gasteiger partial charge in [0.15, 0.2) is 5.78 Å². The summed E-state index contributed by atoms with van der Waals surface area (Å²) < 4.78 is 0. The van der Waals surface area contributed by atoms with Crippen molar-refractivity contribution in [3.05, 3.63) is 11.6 Å². The van der Waals surface area contributed by atoms with Crippen LogP contribution in [0.15, 0.2) is 11.6 Å². The Bertz CT molecular complexity index is 673. The van der Waals surface area contributed by atoms with Gasteiger partial charge in [-0.1, -0.05) is 60.0 Å². The molecule has 2 saturated carbocycles. The second kappa shape index (κ2) is 8.45. The van der Waals surface area contributed by atoms with Gasteiger partial charge in [-0.3, -0.25) is 14.4 Å². The maximum absolute atomic E-state index is 12.2. The SMILES string of the molecule is CC(=O)C[C@@]1(C)CCCC(C)(C)C1=O.CC1(C)CCC[C@]2(C)CC(=O)C=C12.[SH-]. The summed E-state index contributed by atoms with van der Waals surface area (Å²) in [5.74, 6) is 0.734. The lowest BCUT2D eigenvalue weighted by atomic mass is 9.61. The molecule has 4 heteroatoms. The van der Waals surface area contributed by atoms with Gasteiger partial charge in [-0.2, -0.15) is 0 Å². The highest BCUT2D eigenvalue weighted by Gasteiger charge is 2.46. The van der Waals surface area contributed by atoms with Crippen molar-refractivity contribution in [1.29, 1.82) is 0 Å². The van der Waals surface area contributed by atoms with Crippen molar-refractivity contribution in [3.63, 3.8) is 0 Å². The van der Waals surface area contributed by atoms with E-state index in [2.05, 4.69) is 20.8 Å². The van der Waals surface area contributed by atoms with Gasteiger partial charge in [0.05, 0.1) is 0 Å². The van der Waals surface area contributed by atoms with Gasteiger partial charge in [0, 0.05) is 23.7 Å². The fourth-order valence-electron chi connectivity index (χ4n) is 5.84. The molecule has 0 heterocycles. The maximum atomic E-state index is 12.2. The molecule has 0 unspecified atom stereocenters. The molecule has 0 radical (unpaired) electrons. The molecule has 3 aliphatic carbocycles. The number of hydrogen-bond donors (Lipinski definition) is 0. The number of carbonyl (C=O) groups excluding carboxylic acids is 3. The molecule has 2 fully saturated rings. The third kappa shape index (κ3) is 5.17. The van der Waals surface area contributed by atoms with E-state index in [1.807, 2.05) is 26.8 Å². The molecule has 0 amide bonds. The van der Waals surface area contributed by atoms with Crippen LogP contribution >= 0.6 is 0 Å². The smallest absolute Gasteiger partial charge is 0.156 e. The molecule has 0 aromatic heterocycles. The number of carbonyl (C=O) groups is 3. The van der Waals surface area contributed by atoms with E-state index >= 15 is 0 Å². The van der Waals surface area contributed by atoms with Gasteiger partial charge in [0.1, 0.15) is 11.6 Å². The first-order valence-corrected chi connectivity index (χ1v) is 10.5. The van der Waals surface area contributed by atoms with Gasteiger partial charge >= 0.3 is 0 Å². The molecule has 0 bridgehead atoms. The largest absolute Gasteiger partial charge is 0.813 e. The minimum Gasteiger partial charge on any atom is -0.813 e. The first kappa shape index (κ1) is 25.1. The molecule has 2 atom stereocenters. The monoisotopic (exact) mass is 407 g/mol. The first-order valence-electron chi connectivity index (χ1n) is 10.5. The van der Waals surface area contributed by atoms with Crippen LogP contribution < -0.4 is 0 Å². The number of rotatable bonds is 2. The third-order valence-corrected chi connectivity index (χ3v) is 7.11. The van der Waals surface area contributed by atoms with Crippen molar-refractivity contribution in [1.82, 2.24) is 0 Å². The predicted molar refractivity (Wildman–Crippen MR) is 118 cm³/mol. The minimum absolute atomic E-state index is 0. The van der Waals surface area contributed by atoms with E-state index in [0.29, 0.717) is 12.2 Å². The average Bonchev–Trinajstić information content (AvgIpc) is 2.80. The second-order valence-corrected chi connectivity index (χ2v) is 11.0. The quantitative estimate of drug-likeness (QED) is 0.443. The van der Waals surface area contributed by atoms with Crippen molar-refractivity contribution >= 4 is 30.8 Å². The highest BCUT2D eigenvalue weighted by Crippen LogP contribution is 2.55. The summed E-state index contributed by atoms with van der Waals surface area (Å²) in [5, 5.41) is 0. The molecule has 28 heavy (non-hydrogen) atoms. The van der Waals surface area contributed by atoms with Gasteiger partial charge in [-0.05, 0) is 49.5 Å². The minimum atomic E-state index is -0.395. The molecule has 0 N–H and O–H groups in total. The van der Waals surface area contributed by atoms with Crippen molar-refractivity contribution in [2.75, 3.05) is 0 Å². The van der Waals surface area contributed by atoms with E-state index in [-0.39, 0.29) is 41.3 Å². The fourth-order valence-corrected chi connectivity index (χ4v) is 5.84. The summed E-state index contributed by atoms with van der Waals surface area (Å²) in [6.45, 7) is 14.3. The van der Waals surface area contributed by atoms with E-state index in [0.717, 1.165) is 25.7 Å². The average molecular weight is 408 g/mol. The summed E-state index contributed by atoms with van der Waals surface area (Å²) in [5.41, 5.74) is 1.25. The van der Waals surface area contributed by atoms with Gasteiger partial charge in [-0.25, -0.2) is 0 Å². The lowest BCUT2D eigenvalue weighted by Crippen LogP contribution is -2.43. The number of thiol groups is 1. The second-order valence-electron chi connectivity index (χ2n) is 11.0. The number of ketones is 3. The van der Waals surface area contributed by atoms with Crippen molar-refractivity contribution in [2.24, 2.45) is 21.7 Å². The summed E-state index contributed by atoms with van der Waals surface area (Å²) in [6, 6.07) is 0. The summed E-state index contributed by atoms with van der Waals surface area (Å²) >= 11 is 0. The highest BCUT2D eigenvalue weighted by molar-refractivity contribution is 7.37. The third-order valence-electron chi connectivity index (χ3n) is 7.11. The van der Waals surface area contributed by atoms with E-state index in [1.165, 1.54) is 24.8 Å². The lowest BCUT2D eigenvalue weighted by Gasteiger charge is -2.42. The molecular weight excluding hydrogens is 368 g/mol. The van der Waals surface area contributed by atoms with Crippen LogP contribution in [0.25, 0.3) is 0 Å². The van der Waals surface area contributed by atoms with Gasteiger partial charge in [0.2, 0.25) is 0 Å². The van der Waals surface area contributed by atoms with Crippen LogP contribution in [0.3, 0.4) is 0 Å². The number of allylic oxidation sites excluding steroid dienone is 2. The molecule has 0 aromatic rings. The number of Topliss-reactive ketones (excluding diaryl/α,β-unsaturated/α-hetero) is 2. The van der Waals surface area contributed by atoms with Gasteiger partial charge < -0.3 is 13.5 Å². The molecule has 160 valence electrons. The van der Waals surface area contributed by atoms with E-state index in [4.69, 9.17) is 0 Å². The summed E-state index contributed by atoms with van der Waals surface area (Å²) in [6.07, 6.45) is 9.68. The molecule has 3 nitrogen and oxygen atoms in total. The number of hydrogen-bond acceptors (Lipinski definition) is 4. The van der Waals surface area contributed by atoms with Crippen LogP contribution in [0.5, 0.6) is 0 Å². The fraction of sp³-hybridized carbons (Fsp3) is 0.792. The zero-order chi connectivity index (χ0) is 20.7. The van der Waals surface area contributed by atoms with E-state index in [1.54, 1.807) is 6.92 Å². The van der Waals surface area contributed by atoms with Crippen LogP contribution in [-0.4, -0.2) is 17.3 Å². The number of fused-ring (bicyclic) bond motifs is 1. The summed E-state index contributed by atoms with van der Waals surface area (Å²) in [4.78, 5) is 34.7. The van der Waals surface area contributed by atoms with Crippen LogP contribution in [0.4, 0.5) is 0 Å². The Hall–Kier alpha value is -0.900. The first-order chi connectivity index (χ1) is 12.2. The van der Waals surface area contributed by atoms with Crippen LogP contribution in [0.1, 0.15) is 99.8 Å². The Morgan fingerprint density at radius 1 is 0.893 bits per heavy atom. The van der Waals surface area contributed by atoms with Crippen LogP contribution in [0, 0.1) is 21.7 Å². The zero-order valence-electron chi connectivity index (χ0n) is 18.9. The molecule has 3 rings (SSSR count).